The van der Waals surface area contributed by atoms with Gasteiger partial charge in [-0.15, -0.1) is 20.4 Å². The van der Waals surface area contributed by atoms with E-state index in [2.05, 4.69) is 78.9 Å². The van der Waals surface area contributed by atoms with Crippen molar-refractivity contribution >= 4 is 88.1 Å². The lowest BCUT2D eigenvalue weighted by Gasteiger charge is -2.23. The van der Waals surface area contributed by atoms with Gasteiger partial charge in [-0.2, -0.15) is 0 Å². The molecule has 30 nitrogen and oxygen atoms in total. The Labute approximate surface area is 631 Å². The summed E-state index contributed by atoms with van der Waals surface area (Å²) < 4.78 is 0. The molecule has 1 heterocycles. The van der Waals surface area contributed by atoms with Crippen LogP contribution in [-0.2, 0) is 78.5 Å². The molecular formula is C77H123N15O15. The van der Waals surface area contributed by atoms with E-state index in [4.69, 9.17) is 0 Å². The summed E-state index contributed by atoms with van der Waals surface area (Å²) in [5.74, 6) is -6.70. The predicted octanol–water partition coefficient (Wildman–Crippen LogP) is 5.48. The molecule has 11 N–H and O–H groups in total. The second kappa shape index (κ2) is 53.7. The van der Waals surface area contributed by atoms with Gasteiger partial charge in [0.2, 0.25) is 70.8 Å². The molecule has 596 valence electrons. The maximum Gasteiger partial charge on any atom is 0.242 e. The largest absolute Gasteiger partial charge is 0.356 e. The number of carbonyl (C=O) groups is 15. The van der Waals surface area contributed by atoms with Gasteiger partial charge in [-0.25, -0.2) is 0 Å². The lowest BCUT2D eigenvalue weighted by Crippen LogP contribution is -2.46. The maximum absolute atomic E-state index is 14.9. The number of hydrogen-bond acceptors (Lipinski definition) is 19. The Bertz CT molecular complexity index is 3160. The predicted molar refractivity (Wildman–Crippen MR) is 402 cm³/mol. The number of aromatic nitrogens is 4. The normalized spacial score (nSPS) is 14.0. The van der Waals surface area contributed by atoms with Gasteiger partial charge in [0.05, 0.1) is 12.1 Å². The van der Waals surface area contributed by atoms with E-state index < -0.39 is 77.4 Å². The van der Waals surface area contributed by atoms with Crippen molar-refractivity contribution < 1.29 is 71.9 Å². The van der Waals surface area contributed by atoms with Crippen LogP contribution in [-0.4, -0.2) is 172 Å². The first-order chi connectivity index (χ1) is 51.1. The van der Waals surface area contributed by atoms with E-state index in [0.29, 0.717) is 158 Å². The number of amides is 11. The summed E-state index contributed by atoms with van der Waals surface area (Å²) in [5.41, 5.74) is 1.35. The van der Waals surface area contributed by atoms with Crippen LogP contribution >= 0.6 is 0 Å². The third-order valence-electron chi connectivity index (χ3n) is 18.9. The highest BCUT2D eigenvalue weighted by atomic mass is 16.2. The van der Waals surface area contributed by atoms with Gasteiger partial charge in [0.15, 0.2) is 17.4 Å². The van der Waals surface area contributed by atoms with Crippen molar-refractivity contribution in [2.75, 3.05) is 39.3 Å². The minimum Gasteiger partial charge on any atom is -0.356 e. The highest BCUT2D eigenvalue weighted by Crippen LogP contribution is 2.26. The quantitative estimate of drug-likeness (QED) is 0.0365. The number of rotatable bonds is 57. The molecule has 1 aliphatic carbocycles. The zero-order chi connectivity index (χ0) is 78.9. The molecule has 1 fully saturated rings. The van der Waals surface area contributed by atoms with Gasteiger partial charge in [0.25, 0.3) is 0 Å². The van der Waals surface area contributed by atoms with Crippen molar-refractivity contribution in [1.82, 2.24) is 78.9 Å². The summed E-state index contributed by atoms with van der Waals surface area (Å²) in [6.07, 6.45) is 13.7. The maximum atomic E-state index is 14.9. The van der Waals surface area contributed by atoms with E-state index in [1.165, 1.54) is 48.5 Å². The molecule has 1 aromatic heterocycles. The molecule has 7 unspecified atom stereocenters. The van der Waals surface area contributed by atoms with Crippen LogP contribution in [0.1, 0.15) is 259 Å². The first kappa shape index (κ1) is 92.2. The first-order valence-electron chi connectivity index (χ1n) is 38.8. The SMILES string of the molecule is CC(=O)CCCCCC(NC(C)=O)C(=O)CC(CCCCNC(=O)C(CCCCNC(C)=O)NC(C)=O)C(=O)CC(CCCCNC(=O)C(CCCCNC(=O)C(CCCCNC(=O)C1CCCCC1)NC(C)=O)CC(=O)C(CCCCNC(C)=O)NC(C)=O)C(=O)NCc1ccc(-c2nnc(C)nn2)cc1. The average Bonchev–Trinajstić information content (AvgIpc) is 0.885. The molecule has 7 atom stereocenters. The second-order valence-electron chi connectivity index (χ2n) is 28.5. The van der Waals surface area contributed by atoms with E-state index in [-0.39, 0.29) is 136 Å². The summed E-state index contributed by atoms with van der Waals surface area (Å²) in [7, 11) is 0. The van der Waals surface area contributed by atoms with Crippen molar-refractivity contribution in [1.29, 1.82) is 0 Å². The monoisotopic (exact) mass is 1500 g/mol. The van der Waals surface area contributed by atoms with Gasteiger partial charge in [0.1, 0.15) is 23.7 Å². The van der Waals surface area contributed by atoms with Gasteiger partial charge >= 0.3 is 0 Å². The van der Waals surface area contributed by atoms with E-state index >= 15 is 0 Å². The molecule has 3 rings (SSSR count). The molecule has 1 aromatic carbocycles. The molecule has 11 amide bonds. The Balaban J connectivity index is 1.87. The zero-order valence-electron chi connectivity index (χ0n) is 64.7. The van der Waals surface area contributed by atoms with E-state index in [1.54, 1.807) is 31.2 Å². The van der Waals surface area contributed by atoms with E-state index in [1.807, 2.05) is 0 Å². The lowest BCUT2D eigenvalue weighted by molar-refractivity contribution is -0.133. The van der Waals surface area contributed by atoms with Crippen LogP contribution in [0.5, 0.6) is 0 Å². The molecule has 0 aliphatic heterocycles. The number of unbranched alkanes of at least 4 members (excludes halogenated alkanes) is 8. The number of hydrogen-bond donors (Lipinski definition) is 11. The van der Waals surface area contributed by atoms with Crippen LogP contribution in [0.25, 0.3) is 11.4 Å². The number of ketones is 4. The standard InChI is InChI=1S/C77H123N15O15/c1-51(93)27-11-9-14-33-65(85-55(5)96)70(101)47-62(30-15-21-45-82-76(106)67(87-57(7)98)35-19-25-42-79-54(4)95)69(100)48-63(75(105)84-50-59-37-39-60(40-38-59)72-91-89-52(2)90-92-72)31-16-22-43-81-74(104)64(49-71(102)66(86-56(6)97)34-18-24-41-78-53(3)94)32-17-23-46-83-77(107)68(88-58(8)99)36-20-26-44-80-73(103)61-28-12-10-13-29-61/h37-40,61-68H,9-36,41-50H2,1-8H3,(H,78,94)(H,79,95)(H,80,103)(H,81,104)(H,82,106)(H,83,107)(H,84,105)(H,85,96)(H,86,97)(H,87,98)(H,88,99). The van der Waals surface area contributed by atoms with Gasteiger partial charge in [-0.05, 0) is 141 Å². The topological polar surface area (TPSA) is 440 Å². The van der Waals surface area contributed by atoms with Gasteiger partial charge in [0, 0.05) is 142 Å². The summed E-state index contributed by atoms with van der Waals surface area (Å²) in [6, 6.07) is 3.60. The minimum atomic E-state index is -0.933. The molecule has 2 aromatic rings. The van der Waals surface area contributed by atoms with Crippen LogP contribution in [0.15, 0.2) is 24.3 Å². The fraction of sp³-hybridized carbons (Fsp3) is 0.701. The lowest BCUT2D eigenvalue weighted by atomic mass is 9.83. The first-order valence-corrected chi connectivity index (χ1v) is 38.8. The number of carbonyl (C=O) groups excluding carboxylic acids is 15. The van der Waals surface area contributed by atoms with E-state index in [9.17, 15) is 71.9 Å². The number of Topliss-reactive ketones (excluding diaryl/α,β-unsaturated/α-hetero) is 4. The van der Waals surface area contributed by atoms with Crippen molar-refractivity contribution in [3.05, 3.63) is 35.7 Å². The minimum absolute atomic E-state index is 0.0309. The van der Waals surface area contributed by atoms with Crippen molar-refractivity contribution in [2.45, 2.75) is 285 Å². The molecule has 1 saturated carbocycles. The fourth-order valence-corrected chi connectivity index (χ4v) is 13.0. The van der Waals surface area contributed by atoms with E-state index in [0.717, 1.165) is 32.1 Å². The van der Waals surface area contributed by atoms with Crippen molar-refractivity contribution in [2.24, 2.45) is 23.7 Å². The zero-order valence-corrected chi connectivity index (χ0v) is 64.7. The Morgan fingerprint density at radius 3 is 1.16 bits per heavy atom. The molecule has 0 saturated heterocycles. The third-order valence-corrected chi connectivity index (χ3v) is 18.9. The Morgan fingerprint density at radius 1 is 0.355 bits per heavy atom. The molecule has 0 spiro atoms. The Hall–Kier alpha value is -8.99. The summed E-state index contributed by atoms with van der Waals surface area (Å²) in [6.45, 7) is 13.0. The van der Waals surface area contributed by atoms with Crippen LogP contribution in [0.4, 0.5) is 0 Å². The number of nitrogens with zero attached hydrogens (tertiary/aromatic N) is 4. The second-order valence-corrected chi connectivity index (χ2v) is 28.5. The average molecular weight is 1500 g/mol. The van der Waals surface area contributed by atoms with Gasteiger partial charge in [-0.1, -0.05) is 75.6 Å². The van der Waals surface area contributed by atoms with Gasteiger partial charge < -0.3 is 63.3 Å². The number of benzene rings is 1. The molecule has 0 bridgehead atoms. The Kier molecular flexibility index (Phi) is 46.3. The van der Waals surface area contributed by atoms with Crippen LogP contribution in [0.2, 0.25) is 0 Å². The highest BCUT2D eigenvalue weighted by molar-refractivity contribution is 5.95. The molecule has 0 radical (unpaired) electrons. The summed E-state index contributed by atoms with van der Waals surface area (Å²) in [5, 5.41) is 47.3. The summed E-state index contributed by atoms with van der Waals surface area (Å²) in [4.78, 5) is 196. The molecule has 30 heteroatoms. The fourth-order valence-electron chi connectivity index (χ4n) is 13.0. The van der Waals surface area contributed by atoms with Crippen LogP contribution in [0.3, 0.4) is 0 Å². The van der Waals surface area contributed by atoms with Crippen molar-refractivity contribution in [3.8, 4) is 11.4 Å². The molecule has 1 aliphatic rings. The van der Waals surface area contributed by atoms with Gasteiger partial charge in [-0.3, -0.25) is 67.1 Å². The van der Waals surface area contributed by atoms with Crippen LogP contribution < -0.4 is 58.5 Å². The number of nitrogens with one attached hydrogen (secondary N) is 11. The molecule has 107 heavy (non-hydrogen) atoms. The summed E-state index contributed by atoms with van der Waals surface area (Å²) >= 11 is 0. The highest BCUT2D eigenvalue weighted by Gasteiger charge is 2.32. The molecular weight excluding hydrogens is 1370 g/mol. The van der Waals surface area contributed by atoms with Crippen molar-refractivity contribution in [3.63, 3.8) is 0 Å². The van der Waals surface area contributed by atoms with Crippen LogP contribution in [0, 0.1) is 30.6 Å². The Morgan fingerprint density at radius 2 is 0.720 bits per heavy atom. The number of aryl methyl sites for hydroxylation is 1. The third kappa shape index (κ3) is 42.2. The smallest absolute Gasteiger partial charge is 0.242 e.